The topological polar surface area (TPSA) is 47.6 Å². The van der Waals surface area contributed by atoms with E-state index in [0.29, 0.717) is 13.2 Å². The predicted molar refractivity (Wildman–Crippen MR) is 71.7 cm³/mol. The molecule has 4 nitrogen and oxygen atoms in total. The van der Waals surface area contributed by atoms with Crippen LogP contribution < -0.4 is 5.32 Å². The average Bonchev–Trinajstić information content (AvgIpc) is 2.32. The summed E-state index contributed by atoms with van der Waals surface area (Å²) in [6.45, 7) is 1.21. The molecule has 4 rings (SSSR count). The van der Waals surface area contributed by atoms with Crippen molar-refractivity contribution in [1.82, 2.24) is 5.32 Å². The Balaban J connectivity index is 1.50. The summed E-state index contributed by atoms with van der Waals surface area (Å²) in [7, 11) is 1.64. The van der Waals surface area contributed by atoms with Crippen LogP contribution in [0, 0.1) is 17.8 Å². The van der Waals surface area contributed by atoms with Crippen LogP contribution >= 0.6 is 0 Å². The largest absolute Gasteiger partial charge is 0.382 e. The first-order valence-electron chi connectivity index (χ1n) is 7.57. The van der Waals surface area contributed by atoms with Crippen molar-refractivity contribution >= 4 is 5.91 Å². The monoisotopic (exact) mass is 267 g/mol. The van der Waals surface area contributed by atoms with Crippen molar-refractivity contribution in [2.24, 2.45) is 17.8 Å². The van der Waals surface area contributed by atoms with E-state index in [1.807, 2.05) is 0 Å². The Bertz CT molecular complexity index is 307. The standard InChI is InChI=1S/C15H25NO3/c1-18-2-3-19-10-14(17)16-15-7-11-4-12(8-15)6-13(5-11)9-15/h11-13H,2-10H2,1H3,(H,16,17). The van der Waals surface area contributed by atoms with Crippen LogP contribution in [0.4, 0.5) is 0 Å². The molecule has 0 spiro atoms. The maximum Gasteiger partial charge on any atom is 0.246 e. The number of ether oxygens (including phenoxy) is 2. The summed E-state index contributed by atoms with van der Waals surface area (Å²) in [5.41, 5.74) is 0.108. The van der Waals surface area contributed by atoms with Gasteiger partial charge in [0.15, 0.2) is 0 Å². The van der Waals surface area contributed by atoms with E-state index in [1.165, 1.54) is 38.5 Å². The van der Waals surface area contributed by atoms with Gasteiger partial charge in [-0.25, -0.2) is 0 Å². The zero-order valence-electron chi connectivity index (χ0n) is 11.8. The summed E-state index contributed by atoms with van der Waals surface area (Å²) in [4.78, 5) is 12.0. The minimum Gasteiger partial charge on any atom is -0.382 e. The van der Waals surface area contributed by atoms with E-state index in [1.54, 1.807) is 7.11 Å². The third kappa shape index (κ3) is 2.95. The molecule has 0 radical (unpaired) electrons. The molecule has 0 aromatic carbocycles. The van der Waals surface area contributed by atoms with Gasteiger partial charge >= 0.3 is 0 Å². The Hall–Kier alpha value is -0.610. The van der Waals surface area contributed by atoms with Gasteiger partial charge in [0, 0.05) is 12.6 Å². The number of carbonyl (C=O) groups excluding carboxylic acids is 1. The molecular formula is C15H25NO3. The Morgan fingerprint density at radius 3 is 2.21 bits per heavy atom. The van der Waals surface area contributed by atoms with Crippen molar-refractivity contribution in [3.63, 3.8) is 0 Å². The molecule has 1 N–H and O–H groups in total. The van der Waals surface area contributed by atoms with Crippen LogP contribution in [0.3, 0.4) is 0 Å². The molecule has 4 fully saturated rings. The lowest BCUT2D eigenvalue weighted by Crippen LogP contribution is -2.60. The van der Waals surface area contributed by atoms with Crippen molar-refractivity contribution in [2.75, 3.05) is 26.9 Å². The highest BCUT2D eigenvalue weighted by atomic mass is 16.5. The molecule has 4 aliphatic carbocycles. The van der Waals surface area contributed by atoms with Gasteiger partial charge in [-0.2, -0.15) is 0 Å². The SMILES string of the molecule is COCCOCC(=O)NC12CC3CC(CC(C3)C1)C2. The lowest BCUT2D eigenvalue weighted by molar-refractivity contribution is -0.131. The first-order valence-corrected chi connectivity index (χ1v) is 7.57. The quantitative estimate of drug-likeness (QED) is 0.746. The van der Waals surface area contributed by atoms with Crippen LogP contribution in [0.5, 0.6) is 0 Å². The summed E-state index contributed by atoms with van der Waals surface area (Å²) in [5, 5.41) is 3.30. The number of hydrogen-bond acceptors (Lipinski definition) is 3. The Morgan fingerprint density at radius 1 is 1.11 bits per heavy atom. The van der Waals surface area contributed by atoms with E-state index in [0.717, 1.165) is 17.8 Å². The first-order chi connectivity index (χ1) is 9.19. The van der Waals surface area contributed by atoms with Gasteiger partial charge in [-0.05, 0) is 56.3 Å². The van der Waals surface area contributed by atoms with E-state index < -0.39 is 0 Å². The second kappa shape index (κ2) is 5.41. The van der Waals surface area contributed by atoms with E-state index in [9.17, 15) is 4.79 Å². The summed E-state index contributed by atoms with van der Waals surface area (Å²) in [6, 6.07) is 0. The zero-order chi connectivity index (χ0) is 13.3. The fraction of sp³-hybridized carbons (Fsp3) is 0.933. The van der Waals surface area contributed by atoms with Gasteiger partial charge in [0.05, 0.1) is 13.2 Å². The summed E-state index contributed by atoms with van der Waals surface area (Å²) < 4.78 is 10.2. The average molecular weight is 267 g/mol. The molecule has 0 saturated heterocycles. The lowest BCUT2D eigenvalue weighted by Gasteiger charge is -2.56. The molecule has 0 aromatic rings. The Kier molecular flexibility index (Phi) is 3.81. The van der Waals surface area contributed by atoms with Gasteiger partial charge in [-0.1, -0.05) is 0 Å². The van der Waals surface area contributed by atoms with E-state index in [-0.39, 0.29) is 18.1 Å². The van der Waals surface area contributed by atoms with Crippen LogP contribution in [0.2, 0.25) is 0 Å². The van der Waals surface area contributed by atoms with Crippen LogP contribution in [0.1, 0.15) is 38.5 Å². The number of methoxy groups -OCH3 is 1. The fourth-order valence-corrected chi connectivity index (χ4v) is 4.90. The van der Waals surface area contributed by atoms with Crippen molar-refractivity contribution < 1.29 is 14.3 Å². The highest BCUT2D eigenvalue weighted by Crippen LogP contribution is 2.55. The number of amides is 1. The highest BCUT2D eigenvalue weighted by Gasteiger charge is 2.51. The minimum atomic E-state index is 0.0538. The maximum absolute atomic E-state index is 12.0. The predicted octanol–water partition coefficient (Wildman–Crippen LogP) is 1.73. The summed E-state index contributed by atoms with van der Waals surface area (Å²) in [5.74, 6) is 2.64. The number of hydrogen-bond donors (Lipinski definition) is 1. The van der Waals surface area contributed by atoms with Gasteiger partial charge in [-0.15, -0.1) is 0 Å². The molecule has 0 aliphatic heterocycles. The van der Waals surface area contributed by atoms with E-state index >= 15 is 0 Å². The Labute approximate surface area is 115 Å². The molecule has 1 amide bonds. The molecule has 4 aliphatic rings. The smallest absolute Gasteiger partial charge is 0.246 e. The van der Waals surface area contributed by atoms with Gasteiger partial charge in [0.1, 0.15) is 6.61 Å². The van der Waals surface area contributed by atoms with Crippen LogP contribution in [-0.4, -0.2) is 38.4 Å². The normalized spacial score (nSPS) is 39.5. The molecule has 108 valence electrons. The van der Waals surface area contributed by atoms with E-state index in [4.69, 9.17) is 9.47 Å². The second-order valence-electron chi connectivity index (χ2n) is 6.79. The minimum absolute atomic E-state index is 0.0538. The molecule has 0 atom stereocenters. The zero-order valence-corrected chi connectivity index (χ0v) is 11.8. The van der Waals surface area contributed by atoms with Gasteiger partial charge in [-0.3, -0.25) is 4.79 Å². The molecule has 0 unspecified atom stereocenters. The molecule has 19 heavy (non-hydrogen) atoms. The molecule has 0 aromatic heterocycles. The molecule has 0 heterocycles. The number of nitrogens with one attached hydrogen (secondary N) is 1. The van der Waals surface area contributed by atoms with E-state index in [2.05, 4.69) is 5.32 Å². The lowest BCUT2D eigenvalue weighted by atomic mass is 9.53. The molecular weight excluding hydrogens is 242 g/mol. The van der Waals surface area contributed by atoms with Crippen LogP contribution in [0.25, 0.3) is 0 Å². The van der Waals surface area contributed by atoms with Crippen LogP contribution in [-0.2, 0) is 14.3 Å². The fourth-order valence-electron chi connectivity index (χ4n) is 4.90. The third-order valence-electron chi connectivity index (χ3n) is 5.11. The van der Waals surface area contributed by atoms with Crippen molar-refractivity contribution in [1.29, 1.82) is 0 Å². The van der Waals surface area contributed by atoms with Crippen molar-refractivity contribution in [3.8, 4) is 0 Å². The molecule has 4 heteroatoms. The second-order valence-corrected chi connectivity index (χ2v) is 6.79. The van der Waals surface area contributed by atoms with Crippen LogP contribution in [0.15, 0.2) is 0 Å². The van der Waals surface area contributed by atoms with Gasteiger partial charge in [0.2, 0.25) is 5.91 Å². The summed E-state index contributed by atoms with van der Waals surface area (Å²) in [6.07, 6.45) is 7.80. The maximum atomic E-state index is 12.0. The summed E-state index contributed by atoms with van der Waals surface area (Å²) >= 11 is 0. The van der Waals surface area contributed by atoms with Gasteiger partial charge in [0.25, 0.3) is 0 Å². The molecule has 4 saturated carbocycles. The number of rotatable bonds is 6. The highest BCUT2D eigenvalue weighted by molar-refractivity contribution is 5.78. The third-order valence-corrected chi connectivity index (χ3v) is 5.11. The Morgan fingerprint density at radius 2 is 1.68 bits per heavy atom. The van der Waals surface area contributed by atoms with Crippen molar-refractivity contribution in [2.45, 2.75) is 44.1 Å². The molecule has 4 bridgehead atoms. The first kappa shape index (κ1) is 13.4. The van der Waals surface area contributed by atoms with Crippen molar-refractivity contribution in [3.05, 3.63) is 0 Å². The number of carbonyl (C=O) groups is 1. The van der Waals surface area contributed by atoms with Gasteiger partial charge < -0.3 is 14.8 Å².